The van der Waals surface area contributed by atoms with Crippen LogP contribution in [0.4, 0.5) is 17.1 Å². The Hall–Kier alpha value is -2.56. The lowest BCUT2D eigenvalue weighted by molar-refractivity contribution is 0.904. The summed E-state index contributed by atoms with van der Waals surface area (Å²) in [5.41, 5.74) is 7.82. The second-order valence-corrected chi connectivity index (χ2v) is 3.55. The van der Waals surface area contributed by atoms with E-state index in [1.54, 1.807) is 24.3 Å². The van der Waals surface area contributed by atoms with Crippen molar-refractivity contribution < 1.29 is 0 Å². The average Bonchev–Trinajstić information content (AvgIpc) is 2.42. The molecule has 0 unspecified atom stereocenters. The molecule has 0 heterocycles. The van der Waals surface area contributed by atoms with Gasteiger partial charge in [0.1, 0.15) is 0 Å². The van der Waals surface area contributed by atoms with Gasteiger partial charge in [-0.3, -0.25) is 0 Å². The molecule has 0 amide bonds. The van der Waals surface area contributed by atoms with E-state index in [0.29, 0.717) is 5.69 Å². The number of benzene rings is 2. The van der Waals surface area contributed by atoms with Crippen LogP contribution in [0.2, 0.25) is 0 Å². The molecule has 2 rings (SSSR count). The molecule has 0 saturated carbocycles. The standard InChI is InChI=1S/C13H13N5/c14-11-6-8-13(9-7-11)18-16-10-15-17-12-4-2-1-3-5-12/h1-9H,10,14H2. The molecule has 0 bridgehead atoms. The van der Waals surface area contributed by atoms with Crippen molar-refractivity contribution in [2.75, 3.05) is 12.4 Å². The fourth-order valence-electron chi connectivity index (χ4n) is 1.29. The summed E-state index contributed by atoms with van der Waals surface area (Å²) in [6, 6.07) is 16.6. The molecule has 0 radical (unpaired) electrons. The Morgan fingerprint density at radius 2 is 1.28 bits per heavy atom. The van der Waals surface area contributed by atoms with Gasteiger partial charge in [0, 0.05) is 5.69 Å². The molecule has 0 aliphatic rings. The van der Waals surface area contributed by atoms with Gasteiger partial charge >= 0.3 is 0 Å². The molecule has 18 heavy (non-hydrogen) atoms. The van der Waals surface area contributed by atoms with Gasteiger partial charge in [0.25, 0.3) is 0 Å². The van der Waals surface area contributed by atoms with E-state index in [0.717, 1.165) is 11.4 Å². The number of nitrogens with zero attached hydrogens (tertiary/aromatic N) is 4. The van der Waals surface area contributed by atoms with Crippen LogP contribution in [0.15, 0.2) is 75.1 Å². The molecule has 0 spiro atoms. The van der Waals surface area contributed by atoms with Crippen LogP contribution in [0.3, 0.4) is 0 Å². The lowest BCUT2D eigenvalue weighted by Crippen LogP contribution is -1.80. The first kappa shape index (κ1) is 11.9. The second-order valence-electron chi connectivity index (χ2n) is 3.55. The van der Waals surface area contributed by atoms with Gasteiger partial charge in [0.05, 0.1) is 11.4 Å². The van der Waals surface area contributed by atoms with E-state index >= 15 is 0 Å². The number of nitrogens with two attached hydrogens (primary N) is 1. The number of anilines is 1. The Balaban J connectivity index is 1.85. The highest BCUT2D eigenvalue weighted by molar-refractivity contribution is 5.47. The minimum Gasteiger partial charge on any atom is -0.399 e. The molecule has 0 fully saturated rings. The van der Waals surface area contributed by atoms with E-state index in [1.165, 1.54) is 0 Å². The van der Waals surface area contributed by atoms with Crippen LogP contribution in [0.5, 0.6) is 0 Å². The number of hydrogen-bond acceptors (Lipinski definition) is 5. The lowest BCUT2D eigenvalue weighted by atomic mass is 10.3. The minimum atomic E-state index is 0.208. The molecule has 5 heteroatoms. The predicted molar refractivity (Wildman–Crippen MR) is 71.2 cm³/mol. The van der Waals surface area contributed by atoms with Gasteiger partial charge in [-0.2, -0.15) is 20.5 Å². The van der Waals surface area contributed by atoms with Gasteiger partial charge in [0.2, 0.25) is 0 Å². The van der Waals surface area contributed by atoms with Crippen LogP contribution >= 0.6 is 0 Å². The zero-order valence-electron chi connectivity index (χ0n) is 9.77. The molecule has 0 aliphatic carbocycles. The quantitative estimate of drug-likeness (QED) is 0.633. The highest BCUT2D eigenvalue weighted by Crippen LogP contribution is 2.14. The van der Waals surface area contributed by atoms with E-state index in [9.17, 15) is 0 Å². The van der Waals surface area contributed by atoms with Gasteiger partial charge in [-0.1, -0.05) is 18.2 Å². The fraction of sp³-hybridized carbons (Fsp3) is 0.0769. The molecule has 5 nitrogen and oxygen atoms in total. The largest absolute Gasteiger partial charge is 0.399 e. The summed E-state index contributed by atoms with van der Waals surface area (Å²) < 4.78 is 0. The normalized spacial score (nSPS) is 11.3. The molecule has 0 saturated heterocycles. The van der Waals surface area contributed by atoms with Crippen LogP contribution in [0, 0.1) is 0 Å². The number of hydrogen-bond donors (Lipinski definition) is 1. The molecule has 2 aromatic carbocycles. The zero-order chi connectivity index (χ0) is 12.6. The van der Waals surface area contributed by atoms with Gasteiger partial charge in [-0.15, -0.1) is 0 Å². The Morgan fingerprint density at radius 1 is 0.722 bits per heavy atom. The first-order valence-electron chi connectivity index (χ1n) is 5.50. The van der Waals surface area contributed by atoms with Crippen LogP contribution in [-0.2, 0) is 0 Å². The van der Waals surface area contributed by atoms with Gasteiger partial charge < -0.3 is 5.73 Å². The highest BCUT2D eigenvalue weighted by Gasteiger charge is 1.88. The number of rotatable bonds is 4. The lowest BCUT2D eigenvalue weighted by Gasteiger charge is -1.92. The van der Waals surface area contributed by atoms with E-state index in [1.807, 2.05) is 30.3 Å². The molecule has 0 aliphatic heterocycles. The summed E-state index contributed by atoms with van der Waals surface area (Å²) in [7, 11) is 0. The van der Waals surface area contributed by atoms with E-state index in [-0.39, 0.29) is 6.67 Å². The minimum absolute atomic E-state index is 0.208. The molecule has 0 atom stereocenters. The van der Waals surface area contributed by atoms with E-state index in [2.05, 4.69) is 20.5 Å². The first-order valence-corrected chi connectivity index (χ1v) is 5.50. The van der Waals surface area contributed by atoms with Crippen molar-refractivity contribution in [3.05, 3.63) is 54.6 Å². The fourth-order valence-corrected chi connectivity index (χ4v) is 1.29. The predicted octanol–water partition coefficient (Wildman–Crippen LogP) is 4.09. The third-order valence-corrected chi connectivity index (χ3v) is 2.15. The second kappa shape index (κ2) is 6.24. The van der Waals surface area contributed by atoms with Gasteiger partial charge in [-0.05, 0) is 36.4 Å². The molecule has 0 aromatic heterocycles. The Labute approximate surface area is 105 Å². The topological polar surface area (TPSA) is 75.5 Å². The van der Waals surface area contributed by atoms with Gasteiger partial charge in [0.15, 0.2) is 6.67 Å². The van der Waals surface area contributed by atoms with E-state index < -0.39 is 0 Å². The SMILES string of the molecule is Nc1ccc(N=NCN=Nc2ccccc2)cc1. The smallest absolute Gasteiger partial charge is 0.171 e. The summed E-state index contributed by atoms with van der Waals surface area (Å²) in [4.78, 5) is 0. The summed E-state index contributed by atoms with van der Waals surface area (Å²) >= 11 is 0. The number of azo groups is 2. The summed E-state index contributed by atoms with van der Waals surface area (Å²) in [6.45, 7) is 0.208. The highest BCUT2D eigenvalue weighted by atomic mass is 15.2. The van der Waals surface area contributed by atoms with Crippen LogP contribution < -0.4 is 5.73 Å². The van der Waals surface area contributed by atoms with Crippen molar-refractivity contribution in [3.8, 4) is 0 Å². The summed E-state index contributed by atoms with van der Waals surface area (Å²) in [5, 5.41) is 15.8. The third kappa shape index (κ3) is 3.79. The summed E-state index contributed by atoms with van der Waals surface area (Å²) in [6.07, 6.45) is 0. The Bertz CT molecular complexity index is 531. The van der Waals surface area contributed by atoms with Crippen molar-refractivity contribution in [1.82, 2.24) is 0 Å². The van der Waals surface area contributed by atoms with Crippen LogP contribution in [0.1, 0.15) is 0 Å². The Kier molecular flexibility index (Phi) is 4.13. The first-order chi connectivity index (χ1) is 8.84. The zero-order valence-corrected chi connectivity index (χ0v) is 9.77. The third-order valence-electron chi connectivity index (χ3n) is 2.15. The maximum atomic E-state index is 5.56. The Morgan fingerprint density at radius 3 is 1.89 bits per heavy atom. The maximum absolute atomic E-state index is 5.56. The average molecular weight is 239 g/mol. The van der Waals surface area contributed by atoms with Crippen molar-refractivity contribution in [2.45, 2.75) is 0 Å². The van der Waals surface area contributed by atoms with Gasteiger partial charge in [-0.25, -0.2) is 0 Å². The number of nitrogen functional groups attached to an aromatic ring is 1. The summed E-state index contributed by atoms with van der Waals surface area (Å²) in [5.74, 6) is 0. The molecular formula is C13H13N5. The monoisotopic (exact) mass is 239 g/mol. The van der Waals surface area contributed by atoms with Crippen LogP contribution in [0.25, 0.3) is 0 Å². The molecule has 2 N–H and O–H groups in total. The molecule has 90 valence electrons. The van der Waals surface area contributed by atoms with E-state index in [4.69, 9.17) is 5.73 Å². The maximum Gasteiger partial charge on any atom is 0.171 e. The molecule has 2 aromatic rings. The van der Waals surface area contributed by atoms with Crippen LogP contribution in [-0.4, -0.2) is 6.67 Å². The molecular weight excluding hydrogens is 226 g/mol. The van der Waals surface area contributed by atoms with Crippen molar-refractivity contribution in [1.29, 1.82) is 0 Å². The van der Waals surface area contributed by atoms with Crippen molar-refractivity contribution in [2.24, 2.45) is 20.5 Å². The van der Waals surface area contributed by atoms with Crippen molar-refractivity contribution >= 4 is 17.1 Å². The van der Waals surface area contributed by atoms with Crippen molar-refractivity contribution in [3.63, 3.8) is 0 Å².